The average molecular weight is 673 g/mol. The molecular weight excluding hydrogens is 637 g/mol. The van der Waals surface area contributed by atoms with E-state index >= 15 is 0 Å². The van der Waals surface area contributed by atoms with Crippen LogP contribution in [-0.4, -0.2) is 18.2 Å². The second-order valence-electron chi connectivity index (χ2n) is 14.1. The molecule has 52 heavy (non-hydrogen) atoms. The normalized spacial score (nSPS) is 15.8. The standard InChI is InChI=1S/C47H36N4O/c1-49-41(29-48-47-46(49)37-22-9-12-25-42(37)52-47)31-15-13-18-33(28-31)50-38-23-10-7-20-35(38)44-43-34-19-6-5-14-30(34)26-27-40(43)51(32-16-3-2-4-17-32)45(44)36-21-8-11-24-39(36)50/h2-4,6-13,15-28,41,48H,5,14,29H2,1H3. The first kappa shape index (κ1) is 29.3. The van der Waals surface area contributed by atoms with Crippen LogP contribution < -0.4 is 15.1 Å². The molecule has 1 unspecified atom stereocenters. The molecule has 1 atom stereocenters. The number of nitrogens with zero attached hydrogens (tertiary/aromatic N) is 3. The SMILES string of the molecule is CN1c2c(oc3ccccc23)NCC1c1cccc(N2c3ccccc3-c3c(n(-c4ccccc4)c4ccc5c(c34)C=CCC5)-c3ccccc32)c1. The van der Waals surface area contributed by atoms with Crippen LogP contribution in [0.2, 0.25) is 0 Å². The number of hydrogen-bond donors (Lipinski definition) is 1. The number of fused-ring (bicyclic) bond motifs is 12. The van der Waals surface area contributed by atoms with Crippen molar-refractivity contribution in [1.29, 1.82) is 0 Å². The van der Waals surface area contributed by atoms with E-state index < -0.39 is 0 Å². The van der Waals surface area contributed by atoms with Crippen LogP contribution >= 0.6 is 0 Å². The van der Waals surface area contributed by atoms with Crippen LogP contribution in [0.5, 0.6) is 0 Å². The molecule has 1 N–H and O–H groups in total. The van der Waals surface area contributed by atoms with Crippen LogP contribution in [0.15, 0.2) is 150 Å². The van der Waals surface area contributed by atoms with E-state index in [1.807, 2.05) is 12.1 Å². The number of aryl methyl sites for hydroxylation is 1. The van der Waals surface area contributed by atoms with Gasteiger partial charge in [-0.1, -0.05) is 97.1 Å². The first-order chi connectivity index (χ1) is 25.7. The maximum absolute atomic E-state index is 6.22. The number of allylic oxidation sites excluding steroid dienone is 1. The Morgan fingerprint density at radius 1 is 0.712 bits per heavy atom. The van der Waals surface area contributed by atoms with Crippen molar-refractivity contribution in [2.75, 3.05) is 28.7 Å². The lowest BCUT2D eigenvalue weighted by Gasteiger charge is -2.35. The van der Waals surface area contributed by atoms with Gasteiger partial charge in [-0.15, -0.1) is 0 Å². The van der Waals surface area contributed by atoms with Crippen molar-refractivity contribution in [2.45, 2.75) is 18.9 Å². The van der Waals surface area contributed by atoms with E-state index in [1.54, 1.807) is 0 Å². The molecule has 0 bridgehead atoms. The van der Waals surface area contributed by atoms with Gasteiger partial charge in [0, 0.05) is 52.4 Å². The molecular formula is C47H36N4O. The molecule has 11 rings (SSSR count). The first-order valence-electron chi connectivity index (χ1n) is 18.2. The van der Waals surface area contributed by atoms with Crippen LogP contribution in [0.3, 0.4) is 0 Å². The summed E-state index contributed by atoms with van der Waals surface area (Å²) in [5.74, 6) is 0.840. The predicted octanol–water partition coefficient (Wildman–Crippen LogP) is 12.1. The van der Waals surface area contributed by atoms with Gasteiger partial charge >= 0.3 is 0 Å². The molecule has 5 nitrogen and oxygen atoms in total. The van der Waals surface area contributed by atoms with Gasteiger partial charge in [0.2, 0.25) is 5.88 Å². The zero-order valence-corrected chi connectivity index (χ0v) is 28.9. The Bertz CT molecular complexity index is 2730. The predicted molar refractivity (Wildman–Crippen MR) is 216 cm³/mol. The Balaban J connectivity index is 1.15. The smallest absolute Gasteiger partial charge is 0.217 e. The van der Waals surface area contributed by atoms with Gasteiger partial charge in [0.1, 0.15) is 11.3 Å². The first-order valence-corrected chi connectivity index (χ1v) is 18.2. The van der Waals surface area contributed by atoms with Gasteiger partial charge in [-0.2, -0.15) is 0 Å². The number of anilines is 5. The van der Waals surface area contributed by atoms with E-state index in [9.17, 15) is 0 Å². The summed E-state index contributed by atoms with van der Waals surface area (Å²) in [5, 5.41) is 6.06. The van der Waals surface area contributed by atoms with Crippen molar-refractivity contribution < 1.29 is 4.42 Å². The third kappa shape index (κ3) is 4.17. The molecule has 3 aliphatic rings. The van der Waals surface area contributed by atoms with Gasteiger partial charge in [0.15, 0.2) is 0 Å². The lowest BCUT2D eigenvalue weighted by Crippen LogP contribution is -2.34. The zero-order valence-electron chi connectivity index (χ0n) is 28.9. The quantitative estimate of drug-likeness (QED) is 0.203. The van der Waals surface area contributed by atoms with Crippen LogP contribution in [0, 0.1) is 0 Å². The minimum Gasteiger partial charge on any atom is -0.438 e. The maximum atomic E-state index is 6.22. The lowest BCUT2D eigenvalue weighted by molar-refractivity contribution is 0.592. The molecule has 8 aromatic rings. The monoisotopic (exact) mass is 672 g/mol. The summed E-state index contributed by atoms with van der Waals surface area (Å²) < 4.78 is 8.72. The highest BCUT2D eigenvalue weighted by Crippen LogP contribution is 2.55. The number of hydrogen-bond acceptors (Lipinski definition) is 4. The number of rotatable bonds is 3. The highest BCUT2D eigenvalue weighted by Gasteiger charge is 2.34. The molecule has 0 radical (unpaired) electrons. The topological polar surface area (TPSA) is 36.6 Å². The van der Waals surface area contributed by atoms with Gasteiger partial charge in [-0.05, 0) is 84.1 Å². The van der Waals surface area contributed by atoms with Crippen LogP contribution in [-0.2, 0) is 6.42 Å². The highest BCUT2D eigenvalue weighted by molar-refractivity contribution is 6.15. The number of nitrogens with one attached hydrogen (secondary N) is 1. The highest BCUT2D eigenvalue weighted by atomic mass is 16.4. The molecule has 0 amide bonds. The third-order valence-electron chi connectivity index (χ3n) is 11.3. The Hall–Kier alpha value is -6.46. The molecule has 0 fully saturated rings. The summed E-state index contributed by atoms with van der Waals surface area (Å²) in [4.78, 5) is 4.86. The third-order valence-corrected chi connectivity index (χ3v) is 11.3. The van der Waals surface area contributed by atoms with E-state index in [2.05, 4.69) is 166 Å². The molecule has 0 saturated carbocycles. The van der Waals surface area contributed by atoms with Crippen molar-refractivity contribution in [1.82, 2.24) is 4.57 Å². The molecule has 2 aromatic heterocycles. The summed E-state index contributed by atoms with van der Waals surface area (Å²) in [6, 6.07) is 51.1. The van der Waals surface area contributed by atoms with E-state index in [0.29, 0.717) is 0 Å². The molecule has 0 saturated heterocycles. The maximum Gasteiger partial charge on any atom is 0.217 e. The van der Waals surface area contributed by atoms with Gasteiger partial charge in [0.25, 0.3) is 0 Å². The Kier molecular flexibility index (Phi) is 6.35. The summed E-state index contributed by atoms with van der Waals surface area (Å²) in [6.45, 7) is 0.747. The molecule has 6 aromatic carbocycles. The van der Waals surface area contributed by atoms with Gasteiger partial charge in [-0.3, -0.25) is 0 Å². The molecule has 2 aliphatic heterocycles. The number of furan rings is 1. The molecule has 1 aliphatic carbocycles. The van der Waals surface area contributed by atoms with E-state index in [0.717, 1.165) is 59.0 Å². The summed E-state index contributed by atoms with van der Waals surface area (Å²) in [6.07, 6.45) is 6.84. The number of likely N-dealkylation sites (N-methyl/N-ethyl adjacent to an activating group) is 1. The average Bonchev–Trinajstić information content (AvgIpc) is 3.72. The van der Waals surface area contributed by atoms with E-state index in [1.165, 1.54) is 55.7 Å². The van der Waals surface area contributed by atoms with Gasteiger partial charge in [0.05, 0.1) is 28.6 Å². The Morgan fingerprint density at radius 2 is 1.46 bits per heavy atom. The van der Waals surface area contributed by atoms with Crippen molar-refractivity contribution >= 4 is 56.6 Å². The largest absolute Gasteiger partial charge is 0.438 e. The summed E-state index contributed by atoms with van der Waals surface area (Å²) in [7, 11) is 2.19. The second-order valence-corrected chi connectivity index (χ2v) is 14.1. The van der Waals surface area contributed by atoms with Crippen LogP contribution in [0.4, 0.5) is 28.6 Å². The summed E-state index contributed by atoms with van der Waals surface area (Å²) in [5.41, 5.74) is 16.9. The minimum atomic E-state index is 0.118. The number of aromatic nitrogens is 1. The minimum absolute atomic E-state index is 0.118. The van der Waals surface area contributed by atoms with E-state index in [4.69, 9.17) is 4.42 Å². The number of benzene rings is 6. The second kappa shape index (κ2) is 11.3. The van der Waals surface area contributed by atoms with E-state index in [-0.39, 0.29) is 6.04 Å². The number of para-hydroxylation sites is 4. The Labute approximate surface area is 302 Å². The van der Waals surface area contributed by atoms with Gasteiger partial charge < -0.3 is 24.1 Å². The van der Waals surface area contributed by atoms with Crippen molar-refractivity contribution in [3.8, 4) is 28.1 Å². The van der Waals surface area contributed by atoms with Crippen LogP contribution in [0.1, 0.15) is 29.2 Å². The molecule has 0 spiro atoms. The molecule has 250 valence electrons. The fourth-order valence-electron chi connectivity index (χ4n) is 9.02. The molecule has 5 heteroatoms. The van der Waals surface area contributed by atoms with Crippen molar-refractivity contribution in [3.63, 3.8) is 0 Å². The zero-order chi connectivity index (χ0) is 34.3. The van der Waals surface area contributed by atoms with Crippen LogP contribution in [0.25, 0.3) is 56.0 Å². The lowest BCUT2D eigenvalue weighted by atomic mass is 9.90. The van der Waals surface area contributed by atoms with Gasteiger partial charge in [-0.25, -0.2) is 0 Å². The Morgan fingerprint density at radius 3 is 2.35 bits per heavy atom. The summed E-state index contributed by atoms with van der Waals surface area (Å²) >= 11 is 0. The fourth-order valence-corrected chi connectivity index (χ4v) is 9.02. The molecule has 4 heterocycles. The fraction of sp³-hybridized carbons (Fsp3) is 0.106. The van der Waals surface area contributed by atoms with Crippen molar-refractivity contribution in [3.05, 3.63) is 162 Å². The van der Waals surface area contributed by atoms with Crippen molar-refractivity contribution in [2.24, 2.45) is 0 Å².